The molecule has 2 aliphatic rings. The van der Waals surface area contributed by atoms with Gasteiger partial charge in [-0.1, -0.05) is 91.0 Å². The summed E-state index contributed by atoms with van der Waals surface area (Å²) in [4.78, 5) is 13.9. The second-order valence-electron chi connectivity index (χ2n) is 11.4. The Bertz CT molecular complexity index is 1650. The Kier molecular flexibility index (Phi) is 7.63. The Morgan fingerprint density at radius 1 is 0.884 bits per heavy atom. The predicted octanol–water partition coefficient (Wildman–Crippen LogP) is 5.64. The predicted molar refractivity (Wildman–Crippen MR) is 162 cm³/mol. The number of hydrogen-bond acceptors (Lipinski definition) is 8. The Balaban J connectivity index is 1.16. The van der Waals surface area contributed by atoms with Crippen LogP contribution in [-0.2, 0) is 37.7 Å². The lowest BCUT2D eigenvalue weighted by Crippen LogP contribution is -2.42. The van der Waals surface area contributed by atoms with E-state index in [9.17, 15) is 0 Å². The Morgan fingerprint density at radius 2 is 1.58 bits per heavy atom. The Labute approximate surface area is 250 Å². The highest BCUT2D eigenvalue weighted by Gasteiger charge is 2.60. The second-order valence-corrected chi connectivity index (χ2v) is 11.4. The van der Waals surface area contributed by atoms with E-state index in [2.05, 4.69) is 46.5 Å². The maximum Gasteiger partial charge on any atom is 0.185 e. The first kappa shape index (κ1) is 27.7. The highest BCUT2D eigenvalue weighted by molar-refractivity contribution is 5.83. The molecule has 2 aromatic heterocycles. The highest BCUT2D eigenvalue weighted by Crippen LogP contribution is 2.48. The molecule has 5 aromatic rings. The third kappa shape index (κ3) is 5.52. The molecule has 0 radical (unpaired) electrons. The summed E-state index contributed by atoms with van der Waals surface area (Å²) >= 11 is 0. The number of hydrogen-bond donors (Lipinski definition) is 1. The van der Waals surface area contributed by atoms with Crippen molar-refractivity contribution in [2.75, 3.05) is 11.9 Å². The van der Waals surface area contributed by atoms with Gasteiger partial charge in [0.1, 0.15) is 24.6 Å². The van der Waals surface area contributed by atoms with E-state index in [0.717, 1.165) is 17.5 Å². The van der Waals surface area contributed by atoms with Gasteiger partial charge in [0.2, 0.25) is 0 Å². The van der Waals surface area contributed by atoms with Gasteiger partial charge in [0.25, 0.3) is 0 Å². The molecule has 43 heavy (non-hydrogen) atoms. The Hall–Kier alpha value is -4.15. The van der Waals surface area contributed by atoms with Crippen LogP contribution in [0, 0.1) is 0 Å². The number of imidazole rings is 1. The van der Waals surface area contributed by atoms with Gasteiger partial charge in [0, 0.05) is 11.6 Å². The van der Waals surface area contributed by atoms with Gasteiger partial charge in [-0.05, 0) is 31.4 Å². The van der Waals surface area contributed by atoms with Crippen LogP contribution in [0.25, 0.3) is 11.2 Å². The number of ether oxygens (including phenoxy) is 4. The van der Waals surface area contributed by atoms with Gasteiger partial charge in [0.15, 0.2) is 29.0 Å². The van der Waals surface area contributed by atoms with Crippen LogP contribution in [0.4, 0.5) is 5.82 Å². The molecule has 2 fully saturated rings. The summed E-state index contributed by atoms with van der Waals surface area (Å²) < 4.78 is 28.0. The maximum absolute atomic E-state index is 6.76. The van der Waals surface area contributed by atoms with Crippen molar-refractivity contribution in [2.24, 2.45) is 0 Å². The van der Waals surface area contributed by atoms with E-state index in [1.54, 1.807) is 12.7 Å². The van der Waals surface area contributed by atoms with Gasteiger partial charge in [-0.3, -0.25) is 4.57 Å². The van der Waals surface area contributed by atoms with Crippen molar-refractivity contribution in [1.82, 2.24) is 19.5 Å². The van der Waals surface area contributed by atoms with Crippen molar-refractivity contribution in [2.45, 2.75) is 63.2 Å². The summed E-state index contributed by atoms with van der Waals surface area (Å²) in [5.41, 5.74) is 3.69. The fraction of sp³-hybridized carbons (Fsp3) is 0.324. The van der Waals surface area contributed by atoms with Crippen LogP contribution in [-0.4, -0.2) is 50.5 Å². The minimum Gasteiger partial charge on any atom is -0.374 e. The van der Waals surface area contributed by atoms with Crippen LogP contribution >= 0.6 is 0 Å². The summed E-state index contributed by atoms with van der Waals surface area (Å²) in [5, 5.41) is 3.53. The lowest BCUT2D eigenvalue weighted by molar-refractivity contribution is -0.198. The van der Waals surface area contributed by atoms with E-state index in [4.69, 9.17) is 23.9 Å². The van der Waals surface area contributed by atoms with E-state index in [1.807, 2.05) is 78.2 Å². The third-order valence-electron chi connectivity index (χ3n) is 8.18. The maximum atomic E-state index is 6.76. The lowest BCUT2D eigenvalue weighted by Gasteiger charge is -2.31. The van der Waals surface area contributed by atoms with Gasteiger partial charge in [0.05, 0.1) is 19.5 Å². The largest absolute Gasteiger partial charge is 0.374 e. The zero-order valence-corrected chi connectivity index (χ0v) is 24.2. The molecule has 220 valence electrons. The average Bonchev–Trinajstić information content (AvgIpc) is 3.74. The molecule has 6 atom stereocenters. The normalized spacial score (nSPS) is 25.5. The van der Waals surface area contributed by atoms with Crippen molar-refractivity contribution >= 4 is 17.0 Å². The molecule has 9 nitrogen and oxygen atoms in total. The van der Waals surface area contributed by atoms with Crippen LogP contribution < -0.4 is 5.32 Å². The van der Waals surface area contributed by atoms with Crippen molar-refractivity contribution in [1.29, 1.82) is 0 Å². The number of aromatic nitrogens is 4. The highest BCUT2D eigenvalue weighted by atomic mass is 16.8. The van der Waals surface area contributed by atoms with Crippen LogP contribution in [0.15, 0.2) is 104 Å². The van der Waals surface area contributed by atoms with Gasteiger partial charge in [-0.15, -0.1) is 0 Å². The number of nitrogens with zero attached hydrogens (tertiary/aromatic N) is 4. The van der Waals surface area contributed by atoms with Crippen molar-refractivity contribution in [3.8, 4) is 0 Å². The standard InChI is InChI=1S/C34H35N5O4/c1-23(18-24-12-6-3-7-13-24)38-31-28-32(36-21-35-31)39(22-37-28)34(2)30-29(41-33(42-30)26-16-10-5-11-17-26)27(43-34)20-40-19-25-14-8-4-9-15-25/h3-17,21-23,27,29-30,33H,18-20H2,1-2H3,(H,35,36,38)/t23-,27-,29-,30-,33?,34+/m1/s1. The van der Waals surface area contributed by atoms with Gasteiger partial charge in [-0.2, -0.15) is 0 Å². The second kappa shape index (κ2) is 11.9. The fourth-order valence-corrected chi connectivity index (χ4v) is 6.09. The monoisotopic (exact) mass is 577 g/mol. The number of nitrogens with one attached hydrogen (secondary N) is 1. The first-order valence-electron chi connectivity index (χ1n) is 14.7. The molecule has 7 rings (SSSR count). The molecular weight excluding hydrogens is 542 g/mol. The molecule has 0 spiro atoms. The first-order chi connectivity index (χ1) is 21.1. The molecule has 1 N–H and O–H groups in total. The fourth-order valence-electron chi connectivity index (χ4n) is 6.09. The van der Waals surface area contributed by atoms with Crippen LogP contribution in [0.2, 0.25) is 0 Å². The molecule has 0 saturated carbocycles. The average molecular weight is 578 g/mol. The van der Waals surface area contributed by atoms with E-state index < -0.39 is 18.1 Å². The molecule has 0 bridgehead atoms. The molecule has 2 aliphatic heterocycles. The number of anilines is 1. The number of rotatable bonds is 10. The Morgan fingerprint density at radius 3 is 2.33 bits per heavy atom. The van der Waals surface area contributed by atoms with Crippen LogP contribution in [0.3, 0.4) is 0 Å². The van der Waals surface area contributed by atoms with Gasteiger partial charge >= 0.3 is 0 Å². The molecule has 0 amide bonds. The van der Waals surface area contributed by atoms with Crippen LogP contribution in [0.5, 0.6) is 0 Å². The quantitative estimate of drug-likeness (QED) is 0.228. The molecule has 9 heteroatoms. The number of benzene rings is 3. The minimum absolute atomic E-state index is 0.137. The summed E-state index contributed by atoms with van der Waals surface area (Å²) in [6.07, 6.45) is 2.52. The molecule has 4 heterocycles. The van der Waals surface area contributed by atoms with E-state index in [-0.39, 0.29) is 18.2 Å². The van der Waals surface area contributed by atoms with E-state index in [1.165, 1.54) is 5.56 Å². The number of fused-ring (bicyclic) bond motifs is 2. The lowest BCUT2D eigenvalue weighted by atomic mass is 10.0. The molecule has 1 unspecified atom stereocenters. The first-order valence-corrected chi connectivity index (χ1v) is 14.7. The minimum atomic E-state index is -0.953. The van der Waals surface area contributed by atoms with Crippen molar-refractivity contribution in [3.05, 3.63) is 120 Å². The summed E-state index contributed by atoms with van der Waals surface area (Å²) in [6, 6.07) is 30.6. The van der Waals surface area contributed by atoms with E-state index in [0.29, 0.717) is 30.2 Å². The van der Waals surface area contributed by atoms with Crippen LogP contribution in [0.1, 0.15) is 36.8 Å². The van der Waals surface area contributed by atoms with E-state index >= 15 is 0 Å². The zero-order chi connectivity index (χ0) is 29.2. The van der Waals surface area contributed by atoms with Gasteiger partial charge < -0.3 is 24.3 Å². The summed E-state index contributed by atoms with van der Waals surface area (Å²) in [7, 11) is 0. The molecular formula is C34H35N5O4. The molecule has 2 saturated heterocycles. The van der Waals surface area contributed by atoms with Crippen molar-refractivity contribution in [3.63, 3.8) is 0 Å². The molecule has 0 aliphatic carbocycles. The summed E-state index contributed by atoms with van der Waals surface area (Å²) in [6.45, 7) is 4.97. The molecule has 3 aromatic carbocycles. The third-order valence-corrected chi connectivity index (χ3v) is 8.18. The SMILES string of the molecule is C[C@H](Cc1ccccc1)Nc1ncnc2c1ncn2[C@@]1(C)O[C@H](COCc2ccccc2)[C@H]2OC(c3ccccc3)O[C@H]21. The topological polar surface area (TPSA) is 92.6 Å². The zero-order valence-electron chi connectivity index (χ0n) is 24.2. The van der Waals surface area contributed by atoms with Crippen molar-refractivity contribution < 1.29 is 18.9 Å². The summed E-state index contributed by atoms with van der Waals surface area (Å²) in [5.74, 6) is 0.679. The smallest absolute Gasteiger partial charge is 0.185 e. The van der Waals surface area contributed by atoms with Gasteiger partial charge in [-0.25, -0.2) is 15.0 Å².